The Balaban J connectivity index is 1.87. The average Bonchev–Trinajstić information content (AvgIpc) is 2.98. The number of hydrogen-bond donors (Lipinski definition) is 1. The topological polar surface area (TPSA) is 123 Å². The Morgan fingerprint density at radius 3 is 2.71 bits per heavy atom. The highest BCUT2D eigenvalue weighted by Gasteiger charge is 2.12. The Morgan fingerprint density at radius 1 is 1.42 bits per heavy atom. The second kappa shape index (κ2) is 8.07. The molecular weight excluding hydrogens is 332 g/mol. The molecule has 0 saturated heterocycles. The minimum atomic E-state index is -0.816. The molecule has 1 N–H and O–H groups in total. The number of benzene rings is 1. The number of carbonyl (C=O) groups excluding carboxylic acids is 2. The first-order chi connectivity index (χ1) is 11.5. The molecule has 0 unspecified atom stereocenters. The molecule has 0 bridgehead atoms. The number of aromatic nitrogens is 4. The normalized spacial score (nSPS) is 11.4. The van der Waals surface area contributed by atoms with Gasteiger partial charge >= 0.3 is 5.97 Å². The lowest BCUT2D eigenvalue weighted by Crippen LogP contribution is -2.15. The van der Waals surface area contributed by atoms with E-state index in [4.69, 9.17) is 10.00 Å². The van der Waals surface area contributed by atoms with E-state index in [2.05, 4.69) is 20.8 Å². The van der Waals surface area contributed by atoms with Gasteiger partial charge in [0.2, 0.25) is 11.1 Å². The van der Waals surface area contributed by atoms with Crippen LogP contribution in [-0.2, 0) is 16.6 Å². The standard InChI is InChI=1S/C14H14N6O3S/c1-9(7-15)23-13(22)10-3-5-11(6-4-10)16-12(21)8-24-14-17-18-19-20(14)2/h3-6,9H,8H2,1-2H3,(H,16,21)/t9-/m0/s1. The SMILES string of the molecule is C[C@@H](C#N)OC(=O)c1ccc(NC(=O)CSc2nnnn2C)cc1. The van der Waals surface area contributed by atoms with Gasteiger partial charge < -0.3 is 10.1 Å². The number of amides is 1. The maximum Gasteiger partial charge on any atom is 0.339 e. The Kier molecular flexibility index (Phi) is 5.86. The molecule has 9 nitrogen and oxygen atoms in total. The molecule has 1 amide bonds. The Morgan fingerprint density at radius 2 is 2.12 bits per heavy atom. The van der Waals surface area contributed by atoms with Crippen molar-refractivity contribution >= 4 is 29.3 Å². The van der Waals surface area contributed by atoms with E-state index in [9.17, 15) is 9.59 Å². The lowest BCUT2D eigenvalue weighted by Gasteiger charge is -2.07. The van der Waals surface area contributed by atoms with Crippen LogP contribution >= 0.6 is 11.8 Å². The highest BCUT2D eigenvalue weighted by molar-refractivity contribution is 7.99. The van der Waals surface area contributed by atoms with Crippen LogP contribution in [0, 0.1) is 11.3 Å². The molecule has 124 valence electrons. The van der Waals surface area contributed by atoms with E-state index in [0.29, 0.717) is 16.4 Å². The van der Waals surface area contributed by atoms with E-state index in [-0.39, 0.29) is 11.7 Å². The molecule has 0 aliphatic rings. The molecule has 2 aromatic rings. The number of hydrogen-bond acceptors (Lipinski definition) is 8. The predicted molar refractivity (Wildman–Crippen MR) is 85.1 cm³/mol. The number of nitrogens with one attached hydrogen (secondary N) is 1. The van der Waals surface area contributed by atoms with Crippen LogP contribution in [0.5, 0.6) is 0 Å². The zero-order valence-electron chi connectivity index (χ0n) is 13.0. The molecule has 1 aromatic carbocycles. The number of thioether (sulfide) groups is 1. The molecule has 2 rings (SSSR count). The van der Waals surface area contributed by atoms with Gasteiger partial charge in [0, 0.05) is 12.7 Å². The monoisotopic (exact) mass is 346 g/mol. The van der Waals surface area contributed by atoms with Gasteiger partial charge in [-0.15, -0.1) is 5.10 Å². The number of tetrazole rings is 1. The number of ether oxygens (including phenoxy) is 1. The lowest BCUT2D eigenvalue weighted by atomic mass is 10.2. The Bertz CT molecular complexity index is 768. The summed E-state index contributed by atoms with van der Waals surface area (Å²) in [6.07, 6.45) is -0.816. The fraction of sp³-hybridized carbons (Fsp3) is 0.286. The predicted octanol–water partition coefficient (Wildman–Crippen LogP) is 1.01. The quantitative estimate of drug-likeness (QED) is 0.607. The van der Waals surface area contributed by atoms with Crippen molar-refractivity contribution in [2.24, 2.45) is 7.05 Å². The summed E-state index contributed by atoms with van der Waals surface area (Å²) >= 11 is 1.21. The highest BCUT2D eigenvalue weighted by Crippen LogP contribution is 2.15. The number of esters is 1. The van der Waals surface area contributed by atoms with Crippen LogP contribution in [0.1, 0.15) is 17.3 Å². The number of aryl methyl sites for hydroxylation is 1. The van der Waals surface area contributed by atoms with Crippen molar-refractivity contribution in [2.75, 3.05) is 11.1 Å². The first kappa shape index (κ1) is 17.4. The van der Waals surface area contributed by atoms with Crippen LogP contribution in [0.25, 0.3) is 0 Å². The average molecular weight is 346 g/mol. The highest BCUT2D eigenvalue weighted by atomic mass is 32.2. The van der Waals surface area contributed by atoms with Crippen molar-refractivity contribution in [1.29, 1.82) is 5.26 Å². The fourth-order valence-corrected chi connectivity index (χ4v) is 2.27. The van der Waals surface area contributed by atoms with Gasteiger partial charge in [0.15, 0.2) is 6.10 Å². The van der Waals surface area contributed by atoms with Gasteiger partial charge in [0.25, 0.3) is 0 Å². The third kappa shape index (κ3) is 4.79. The van der Waals surface area contributed by atoms with Crippen LogP contribution in [0.4, 0.5) is 5.69 Å². The molecular formula is C14H14N6O3S. The van der Waals surface area contributed by atoms with Crippen LogP contribution < -0.4 is 5.32 Å². The summed E-state index contributed by atoms with van der Waals surface area (Å²) in [7, 11) is 1.69. The van der Waals surface area contributed by atoms with Crippen LogP contribution in [0.3, 0.4) is 0 Å². The Hall–Kier alpha value is -2.93. The van der Waals surface area contributed by atoms with E-state index in [1.807, 2.05) is 6.07 Å². The van der Waals surface area contributed by atoms with Crippen molar-refractivity contribution in [3.8, 4) is 6.07 Å². The van der Waals surface area contributed by atoms with E-state index in [1.165, 1.54) is 35.5 Å². The minimum absolute atomic E-state index is 0.150. The zero-order chi connectivity index (χ0) is 17.5. The van der Waals surface area contributed by atoms with Crippen LogP contribution in [0.15, 0.2) is 29.4 Å². The molecule has 24 heavy (non-hydrogen) atoms. The number of carbonyl (C=O) groups is 2. The van der Waals surface area contributed by atoms with Gasteiger partial charge in [0.05, 0.1) is 11.3 Å². The van der Waals surface area contributed by atoms with E-state index >= 15 is 0 Å². The van der Waals surface area contributed by atoms with Crippen molar-refractivity contribution in [3.63, 3.8) is 0 Å². The van der Waals surface area contributed by atoms with E-state index in [0.717, 1.165) is 0 Å². The molecule has 0 spiro atoms. The maximum absolute atomic E-state index is 11.9. The third-order valence-electron chi connectivity index (χ3n) is 2.78. The summed E-state index contributed by atoms with van der Waals surface area (Å²) in [6, 6.07) is 8.01. The minimum Gasteiger partial charge on any atom is -0.444 e. The lowest BCUT2D eigenvalue weighted by molar-refractivity contribution is -0.113. The number of nitriles is 1. The van der Waals surface area contributed by atoms with Crippen molar-refractivity contribution in [3.05, 3.63) is 29.8 Å². The number of anilines is 1. The van der Waals surface area contributed by atoms with Gasteiger partial charge in [-0.3, -0.25) is 4.79 Å². The molecule has 0 radical (unpaired) electrons. The Labute approximate surface area is 142 Å². The number of rotatable bonds is 6. The van der Waals surface area contributed by atoms with Gasteiger partial charge in [0.1, 0.15) is 6.07 Å². The van der Waals surface area contributed by atoms with Gasteiger partial charge in [-0.2, -0.15) is 5.26 Å². The molecule has 0 saturated carbocycles. The zero-order valence-corrected chi connectivity index (χ0v) is 13.8. The molecule has 1 aromatic heterocycles. The first-order valence-corrected chi connectivity index (χ1v) is 7.84. The summed E-state index contributed by atoms with van der Waals surface area (Å²) in [5.41, 5.74) is 0.844. The summed E-state index contributed by atoms with van der Waals surface area (Å²) in [4.78, 5) is 23.6. The van der Waals surface area contributed by atoms with E-state index < -0.39 is 12.1 Å². The summed E-state index contributed by atoms with van der Waals surface area (Å²) in [5, 5.41) is 22.8. The van der Waals surface area contributed by atoms with Crippen molar-refractivity contribution in [2.45, 2.75) is 18.2 Å². The molecule has 0 aliphatic heterocycles. The fourth-order valence-electron chi connectivity index (χ4n) is 1.62. The molecule has 0 aliphatic carbocycles. The van der Waals surface area contributed by atoms with Gasteiger partial charge in [-0.25, -0.2) is 9.48 Å². The largest absolute Gasteiger partial charge is 0.444 e. The smallest absolute Gasteiger partial charge is 0.339 e. The summed E-state index contributed by atoms with van der Waals surface area (Å²) in [6.45, 7) is 1.48. The van der Waals surface area contributed by atoms with Gasteiger partial charge in [-0.05, 0) is 41.6 Å². The van der Waals surface area contributed by atoms with Crippen LogP contribution in [-0.4, -0.2) is 43.9 Å². The molecule has 10 heteroatoms. The van der Waals surface area contributed by atoms with Gasteiger partial charge in [-0.1, -0.05) is 11.8 Å². The number of nitrogens with zero attached hydrogens (tertiary/aromatic N) is 5. The second-order valence-electron chi connectivity index (χ2n) is 4.68. The summed E-state index contributed by atoms with van der Waals surface area (Å²) in [5.74, 6) is -0.666. The third-order valence-corrected chi connectivity index (χ3v) is 3.79. The maximum atomic E-state index is 11.9. The summed E-state index contributed by atoms with van der Waals surface area (Å²) < 4.78 is 6.36. The first-order valence-electron chi connectivity index (χ1n) is 6.85. The van der Waals surface area contributed by atoms with Crippen molar-refractivity contribution in [1.82, 2.24) is 20.2 Å². The molecule has 0 fully saturated rings. The second-order valence-corrected chi connectivity index (χ2v) is 5.62. The van der Waals surface area contributed by atoms with E-state index in [1.54, 1.807) is 19.2 Å². The molecule has 1 atom stereocenters. The molecule has 1 heterocycles. The van der Waals surface area contributed by atoms with Crippen LogP contribution in [0.2, 0.25) is 0 Å². The van der Waals surface area contributed by atoms with Crippen molar-refractivity contribution < 1.29 is 14.3 Å².